The van der Waals surface area contributed by atoms with E-state index < -0.39 is 5.97 Å². The fourth-order valence-corrected chi connectivity index (χ4v) is 1.62. The van der Waals surface area contributed by atoms with Crippen molar-refractivity contribution >= 4 is 11.7 Å². The molecule has 2 rings (SSSR count). The Kier molecular flexibility index (Phi) is 4.60. The fraction of sp³-hybridized carbons (Fsp3) is 0.286. The summed E-state index contributed by atoms with van der Waals surface area (Å²) < 4.78 is 11.7. The molecule has 0 aliphatic carbocycles. The molecule has 1 N–H and O–H groups in total. The Balaban J connectivity index is 1.85. The molecule has 1 aromatic heterocycles. The van der Waals surface area contributed by atoms with Gasteiger partial charge in [-0.2, -0.15) is 0 Å². The lowest BCUT2D eigenvalue weighted by Crippen LogP contribution is -2.12. The number of hydrogen-bond acceptors (Lipinski definition) is 5. The molecule has 1 heterocycles. The highest BCUT2D eigenvalue weighted by Crippen LogP contribution is 2.16. The van der Waals surface area contributed by atoms with Gasteiger partial charge in [-0.15, -0.1) is 0 Å². The number of anilines is 1. The number of nitrogens with one attached hydrogen (secondary N) is 1. The number of carbonyl (C=O) groups is 1. The van der Waals surface area contributed by atoms with E-state index >= 15 is 0 Å². The molecule has 0 saturated carbocycles. The van der Waals surface area contributed by atoms with Gasteiger partial charge >= 0.3 is 5.97 Å². The Labute approximate surface area is 117 Å². The average Bonchev–Trinajstić information content (AvgIpc) is 2.89. The lowest BCUT2D eigenvalue weighted by Gasteiger charge is -2.08. The maximum absolute atomic E-state index is 11.0. The van der Waals surface area contributed by atoms with Crippen molar-refractivity contribution in [2.75, 3.05) is 19.0 Å². The third-order valence-corrected chi connectivity index (χ3v) is 2.83. The van der Waals surface area contributed by atoms with Crippen molar-refractivity contribution < 1.29 is 14.3 Å². The van der Waals surface area contributed by atoms with Gasteiger partial charge in [0.05, 0.1) is 25.7 Å². The summed E-state index contributed by atoms with van der Waals surface area (Å²) in [4.78, 5) is 15.0. The van der Waals surface area contributed by atoms with Crippen LogP contribution < -0.4 is 10.1 Å². The van der Waals surface area contributed by atoms with E-state index in [1.165, 1.54) is 7.11 Å². The molecule has 20 heavy (non-hydrogen) atoms. The fourth-order valence-electron chi connectivity index (χ4n) is 1.62. The number of methoxy groups -OCH3 is 1. The Morgan fingerprint density at radius 2 is 2.10 bits per heavy atom. The Morgan fingerprint density at radius 3 is 2.70 bits per heavy atom. The minimum absolute atomic E-state index is 0.0850. The van der Waals surface area contributed by atoms with E-state index in [1.54, 1.807) is 18.5 Å². The van der Waals surface area contributed by atoms with Gasteiger partial charge in [-0.1, -0.05) is 0 Å². The summed E-state index contributed by atoms with van der Waals surface area (Å²) in [6, 6.07) is 7.38. The first-order chi connectivity index (χ1) is 9.69. The molecule has 0 spiro atoms. The average molecular weight is 275 g/mol. The second kappa shape index (κ2) is 6.60. The van der Waals surface area contributed by atoms with Crippen LogP contribution in [0.15, 0.2) is 36.8 Å². The zero-order valence-corrected chi connectivity index (χ0v) is 11.5. The third-order valence-electron chi connectivity index (χ3n) is 2.83. The second-order valence-electron chi connectivity index (χ2n) is 4.24. The summed E-state index contributed by atoms with van der Waals surface area (Å²) in [5, 5.41) is 3.28. The van der Waals surface area contributed by atoms with Crippen molar-refractivity contribution in [3.05, 3.63) is 42.5 Å². The summed E-state index contributed by atoms with van der Waals surface area (Å²) in [5.74, 6) is 0.227. The summed E-state index contributed by atoms with van der Waals surface area (Å²) in [5.41, 5.74) is 2.06. The van der Waals surface area contributed by atoms with E-state index in [1.807, 2.05) is 29.9 Å². The molecule has 0 atom stereocenters. The molecule has 0 aliphatic rings. The highest BCUT2D eigenvalue weighted by Gasteiger charge is 2.02. The van der Waals surface area contributed by atoms with Crippen molar-refractivity contribution in [1.82, 2.24) is 9.55 Å². The van der Waals surface area contributed by atoms with Crippen molar-refractivity contribution in [3.8, 4) is 5.75 Å². The first-order valence-corrected chi connectivity index (χ1v) is 6.18. The van der Waals surface area contributed by atoms with Gasteiger partial charge in [-0.05, 0) is 24.3 Å². The predicted molar refractivity (Wildman–Crippen MR) is 74.5 cm³/mol. The number of aromatic nitrogens is 2. The number of aryl methyl sites for hydroxylation is 1. The smallest absolute Gasteiger partial charge is 0.343 e. The first-order valence-electron chi connectivity index (χ1n) is 6.18. The molecule has 0 bridgehead atoms. The molecule has 2 aromatic rings. The second-order valence-corrected chi connectivity index (χ2v) is 4.24. The lowest BCUT2D eigenvalue weighted by molar-refractivity contribution is -0.142. The lowest BCUT2D eigenvalue weighted by atomic mass is 10.3. The SMILES string of the molecule is COC(=O)COc1ccc(NCc2cncn2C)cc1. The summed E-state index contributed by atoms with van der Waals surface area (Å²) in [6.45, 7) is 0.608. The van der Waals surface area contributed by atoms with E-state index in [-0.39, 0.29) is 6.61 Å². The zero-order chi connectivity index (χ0) is 14.4. The molecule has 0 saturated heterocycles. The number of hydrogen-bond donors (Lipinski definition) is 1. The van der Waals surface area contributed by atoms with Crippen LogP contribution in [-0.4, -0.2) is 29.2 Å². The van der Waals surface area contributed by atoms with Crippen molar-refractivity contribution in [3.63, 3.8) is 0 Å². The number of ether oxygens (including phenoxy) is 2. The molecule has 6 nitrogen and oxygen atoms in total. The normalized spacial score (nSPS) is 10.1. The topological polar surface area (TPSA) is 65.4 Å². The minimum atomic E-state index is -0.400. The van der Waals surface area contributed by atoms with Crippen LogP contribution in [-0.2, 0) is 23.1 Å². The van der Waals surface area contributed by atoms with Crippen LogP contribution in [0, 0.1) is 0 Å². The van der Waals surface area contributed by atoms with Gasteiger partial charge in [0, 0.05) is 18.9 Å². The van der Waals surface area contributed by atoms with E-state index in [4.69, 9.17) is 4.74 Å². The highest BCUT2D eigenvalue weighted by atomic mass is 16.6. The quantitative estimate of drug-likeness (QED) is 0.811. The van der Waals surface area contributed by atoms with Gasteiger partial charge in [0.2, 0.25) is 0 Å². The van der Waals surface area contributed by atoms with Crippen LogP contribution >= 0.6 is 0 Å². The molecule has 0 radical (unpaired) electrons. The van der Waals surface area contributed by atoms with E-state index in [0.717, 1.165) is 11.4 Å². The third kappa shape index (κ3) is 3.74. The number of nitrogens with zero attached hydrogens (tertiary/aromatic N) is 2. The van der Waals surface area contributed by atoms with Crippen molar-refractivity contribution in [2.45, 2.75) is 6.54 Å². The molecule has 0 aliphatic heterocycles. The predicted octanol–water partition coefficient (Wildman–Crippen LogP) is 1.58. The molecule has 106 valence electrons. The maximum Gasteiger partial charge on any atom is 0.343 e. The van der Waals surface area contributed by atoms with E-state index in [2.05, 4.69) is 15.0 Å². The van der Waals surface area contributed by atoms with Crippen LogP contribution in [0.1, 0.15) is 5.69 Å². The standard InChI is InChI=1S/C14H17N3O3/c1-17-10-15-7-12(17)8-16-11-3-5-13(6-4-11)20-9-14(18)19-2/h3-7,10,16H,8-9H2,1-2H3. The molecular weight excluding hydrogens is 258 g/mol. The van der Waals surface area contributed by atoms with Crippen LogP contribution in [0.25, 0.3) is 0 Å². The maximum atomic E-state index is 11.0. The summed E-state index contributed by atoms with van der Waals surface area (Å²) in [6.07, 6.45) is 3.58. The van der Waals surface area contributed by atoms with Crippen molar-refractivity contribution in [2.24, 2.45) is 7.05 Å². The first kappa shape index (κ1) is 13.9. The van der Waals surface area contributed by atoms with Crippen LogP contribution in [0.2, 0.25) is 0 Å². The minimum Gasteiger partial charge on any atom is -0.482 e. The molecule has 0 fully saturated rings. The number of imidazole rings is 1. The number of esters is 1. The zero-order valence-electron chi connectivity index (χ0n) is 11.5. The Hall–Kier alpha value is -2.50. The van der Waals surface area contributed by atoms with Crippen molar-refractivity contribution in [1.29, 1.82) is 0 Å². The van der Waals surface area contributed by atoms with Gasteiger partial charge in [0.15, 0.2) is 6.61 Å². The Bertz CT molecular complexity index is 563. The van der Waals surface area contributed by atoms with Gasteiger partial charge < -0.3 is 19.4 Å². The van der Waals surface area contributed by atoms with E-state index in [0.29, 0.717) is 12.3 Å². The van der Waals surface area contributed by atoms with Gasteiger partial charge in [0.25, 0.3) is 0 Å². The largest absolute Gasteiger partial charge is 0.482 e. The molecular formula is C14H17N3O3. The monoisotopic (exact) mass is 275 g/mol. The summed E-state index contributed by atoms with van der Waals surface area (Å²) >= 11 is 0. The van der Waals surface area contributed by atoms with Crippen LogP contribution in [0.3, 0.4) is 0 Å². The van der Waals surface area contributed by atoms with Gasteiger partial charge in [0.1, 0.15) is 5.75 Å². The molecule has 6 heteroatoms. The molecule has 0 unspecified atom stereocenters. The Morgan fingerprint density at radius 1 is 1.35 bits per heavy atom. The number of rotatable bonds is 6. The number of carbonyl (C=O) groups excluding carboxylic acids is 1. The van der Waals surface area contributed by atoms with Gasteiger partial charge in [-0.3, -0.25) is 0 Å². The molecule has 1 aromatic carbocycles. The highest BCUT2D eigenvalue weighted by molar-refractivity contribution is 5.70. The molecule has 0 amide bonds. The summed E-state index contributed by atoms with van der Waals surface area (Å²) in [7, 11) is 3.28. The van der Waals surface area contributed by atoms with Gasteiger partial charge in [-0.25, -0.2) is 9.78 Å². The number of benzene rings is 1. The van der Waals surface area contributed by atoms with Crippen LogP contribution in [0.5, 0.6) is 5.75 Å². The van der Waals surface area contributed by atoms with Crippen LogP contribution in [0.4, 0.5) is 5.69 Å². The van der Waals surface area contributed by atoms with E-state index in [9.17, 15) is 4.79 Å².